The van der Waals surface area contributed by atoms with Gasteiger partial charge in [0, 0.05) is 5.92 Å². The molecule has 0 aromatic rings. The van der Waals surface area contributed by atoms with Crippen LogP contribution < -0.4 is 0 Å². The minimum absolute atomic E-state index is 0.165. The van der Waals surface area contributed by atoms with Crippen molar-refractivity contribution in [1.29, 1.82) is 5.26 Å². The average molecular weight is 293 g/mol. The highest BCUT2D eigenvalue weighted by atomic mass is 19.1. The molecule has 1 nitrogen and oxygen atoms in total. The summed E-state index contributed by atoms with van der Waals surface area (Å²) >= 11 is 0. The fraction of sp³-hybridized carbons (Fsp3) is 0.833. The molecule has 0 radical (unpaired) electrons. The number of rotatable bonds is 3. The number of hydrogen-bond donors (Lipinski definition) is 0. The molecule has 0 N–H and O–H groups in total. The molecular weight excluding hydrogens is 268 g/mol. The molecule has 2 atom stereocenters. The van der Waals surface area contributed by atoms with Crippen LogP contribution in [0.1, 0.15) is 58.3 Å². The Morgan fingerprint density at radius 3 is 2.14 bits per heavy atom. The maximum atomic E-state index is 14.2. The van der Waals surface area contributed by atoms with Crippen molar-refractivity contribution in [3.8, 4) is 17.9 Å². The second-order valence-corrected chi connectivity index (χ2v) is 6.74. The molecule has 0 saturated heterocycles. The zero-order valence-corrected chi connectivity index (χ0v) is 12.8. The van der Waals surface area contributed by atoms with Crippen molar-refractivity contribution in [2.75, 3.05) is 0 Å². The zero-order chi connectivity index (χ0) is 15.2. The third-order valence-electron chi connectivity index (χ3n) is 5.38. The van der Waals surface area contributed by atoms with Crippen LogP contribution >= 0.6 is 0 Å². The van der Waals surface area contributed by atoms with E-state index in [1.54, 1.807) is 6.07 Å². The van der Waals surface area contributed by atoms with Gasteiger partial charge in [-0.2, -0.15) is 5.26 Å². The van der Waals surface area contributed by atoms with Crippen LogP contribution in [0.15, 0.2) is 0 Å². The summed E-state index contributed by atoms with van der Waals surface area (Å²) in [6.07, 6.45) is 5.65. The van der Waals surface area contributed by atoms with E-state index in [0.29, 0.717) is 18.8 Å². The van der Waals surface area contributed by atoms with Gasteiger partial charge < -0.3 is 0 Å². The molecule has 2 aliphatic carbocycles. The summed E-state index contributed by atoms with van der Waals surface area (Å²) in [7, 11) is 0. The lowest BCUT2D eigenvalue weighted by Crippen LogP contribution is -2.38. The van der Waals surface area contributed by atoms with Gasteiger partial charge in [-0.15, -0.1) is 0 Å². The summed E-state index contributed by atoms with van der Waals surface area (Å²) < 4.78 is 28.3. The highest BCUT2D eigenvalue weighted by molar-refractivity contribution is 5.21. The first-order valence-electron chi connectivity index (χ1n) is 8.33. The highest BCUT2D eigenvalue weighted by Crippen LogP contribution is 2.43. The maximum absolute atomic E-state index is 14.2. The van der Waals surface area contributed by atoms with E-state index in [4.69, 9.17) is 5.26 Å². The monoisotopic (exact) mass is 293 g/mol. The maximum Gasteiger partial charge on any atom is 0.152 e. The predicted octanol–water partition coefficient (Wildman–Crippen LogP) is 4.82. The van der Waals surface area contributed by atoms with Crippen LogP contribution in [0.4, 0.5) is 8.78 Å². The Hall–Kier alpha value is -1.09. The second-order valence-electron chi connectivity index (χ2n) is 6.74. The van der Waals surface area contributed by atoms with Gasteiger partial charge in [-0.1, -0.05) is 38.5 Å². The first-order valence-corrected chi connectivity index (χ1v) is 8.33. The average Bonchev–Trinajstić information content (AvgIpc) is 2.47. The molecule has 2 rings (SSSR count). The van der Waals surface area contributed by atoms with Gasteiger partial charge in [-0.3, -0.25) is 0 Å². The van der Waals surface area contributed by atoms with Crippen molar-refractivity contribution in [2.24, 2.45) is 23.7 Å². The lowest BCUT2D eigenvalue weighted by atomic mass is 9.68. The van der Waals surface area contributed by atoms with Crippen molar-refractivity contribution < 1.29 is 8.78 Å². The van der Waals surface area contributed by atoms with Crippen molar-refractivity contribution in [3.05, 3.63) is 0 Å². The topological polar surface area (TPSA) is 23.8 Å². The summed E-state index contributed by atoms with van der Waals surface area (Å²) in [5, 5.41) is 8.43. The van der Waals surface area contributed by atoms with Crippen LogP contribution in [0, 0.1) is 46.8 Å². The smallest absolute Gasteiger partial charge is 0.152 e. The van der Waals surface area contributed by atoms with Gasteiger partial charge in [-0.25, -0.2) is 8.78 Å². The number of hydrogen-bond acceptors (Lipinski definition) is 1. The minimum Gasteiger partial charge on any atom is -0.246 e. The first-order chi connectivity index (χ1) is 10.2. The first kappa shape index (κ1) is 16.3. The molecule has 0 aromatic carbocycles. The van der Waals surface area contributed by atoms with E-state index in [0.717, 1.165) is 18.8 Å². The van der Waals surface area contributed by atoms with E-state index in [1.807, 2.05) is 0 Å². The molecule has 3 heteroatoms. The zero-order valence-electron chi connectivity index (χ0n) is 12.8. The highest BCUT2D eigenvalue weighted by Gasteiger charge is 2.41. The van der Waals surface area contributed by atoms with E-state index in [9.17, 15) is 8.78 Å². The normalized spacial score (nSPS) is 39.9. The van der Waals surface area contributed by atoms with Crippen molar-refractivity contribution in [3.63, 3.8) is 0 Å². The Bertz CT molecular complexity index is 411. The molecule has 0 heterocycles. The van der Waals surface area contributed by atoms with Crippen molar-refractivity contribution in [1.82, 2.24) is 0 Å². The van der Waals surface area contributed by atoms with Gasteiger partial charge in [0.15, 0.2) is 6.07 Å². The summed E-state index contributed by atoms with van der Waals surface area (Å²) in [6, 6.07) is 1.65. The van der Waals surface area contributed by atoms with Gasteiger partial charge in [0.2, 0.25) is 0 Å². The van der Waals surface area contributed by atoms with Crippen LogP contribution in [-0.2, 0) is 0 Å². The van der Waals surface area contributed by atoms with Crippen LogP contribution in [0.5, 0.6) is 0 Å². The van der Waals surface area contributed by atoms with E-state index in [2.05, 4.69) is 18.8 Å². The molecule has 0 amide bonds. The molecular formula is C18H25F2N. The number of halogens is 2. The Labute approximate surface area is 127 Å². The van der Waals surface area contributed by atoms with Crippen molar-refractivity contribution in [2.45, 2.75) is 70.6 Å². The Morgan fingerprint density at radius 2 is 1.62 bits per heavy atom. The van der Waals surface area contributed by atoms with Crippen molar-refractivity contribution >= 4 is 0 Å². The molecule has 2 fully saturated rings. The van der Waals surface area contributed by atoms with E-state index in [1.165, 1.54) is 25.7 Å². The predicted molar refractivity (Wildman–Crippen MR) is 79.8 cm³/mol. The molecule has 21 heavy (non-hydrogen) atoms. The van der Waals surface area contributed by atoms with Gasteiger partial charge in [0.1, 0.15) is 12.3 Å². The molecule has 2 aliphatic rings. The second kappa shape index (κ2) is 7.79. The fourth-order valence-corrected chi connectivity index (χ4v) is 4.23. The largest absolute Gasteiger partial charge is 0.246 e. The van der Waals surface area contributed by atoms with Crippen LogP contribution in [0.3, 0.4) is 0 Å². The molecule has 0 aliphatic heterocycles. The Morgan fingerprint density at radius 1 is 1.00 bits per heavy atom. The van der Waals surface area contributed by atoms with Gasteiger partial charge in [-0.05, 0) is 43.4 Å². The molecule has 2 saturated carbocycles. The molecule has 116 valence electrons. The molecule has 0 aromatic heterocycles. The van der Waals surface area contributed by atoms with Crippen LogP contribution in [-0.4, -0.2) is 12.3 Å². The Kier molecular flexibility index (Phi) is 6.04. The van der Waals surface area contributed by atoms with Crippen LogP contribution in [0.25, 0.3) is 0 Å². The molecule has 2 unspecified atom stereocenters. The standard InChI is InChI=1S/C18H25F2N/c1-2-4-13-6-8-14(9-7-13)15-11-17(19)16(5-3-10-21)18(20)12-15/h13-18H,2,4,6-9,11-12H2,1H3. The third-order valence-corrected chi connectivity index (χ3v) is 5.38. The summed E-state index contributed by atoms with van der Waals surface area (Å²) in [6.45, 7) is 2.22. The lowest BCUT2D eigenvalue weighted by Gasteiger charge is -2.39. The van der Waals surface area contributed by atoms with Gasteiger partial charge >= 0.3 is 0 Å². The Balaban J connectivity index is 1.88. The SMILES string of the molecule is CCCC1CCC(C2CC(F)C(C#CC#N)C(F)C2)CC1. The summed E-state index contributed by atoms with van der Waals surface area (Å²) in [4.78, 5) is 0. The summed E-state index contributed by atoms with van der Waals surface area (Å²) in [5.74, 6) is 5.21. The van der Waals surface area contributed by atoms with E-state index >= 15 is 0 Å². The van der Waals surface area contributed by atoms with Crippen LogP contribution in [0.2, 0.25) is 0 Å². The quantitative estimate of drug-likeness (QED) is 0.684. The molecule has 0 bridgehead atoms. The lowest BCUT2D eigenvalue weighted by molar-refractivity contribution is 0.0383. The van der Waals surface area contributed by atoms with Gasteiger partial charge in [0.25, 0.3) is 0 Å². The minimum atomic E-state index is -1.21. The third kappa shape index (κ3) is 4.19. The van der Waals surface area contributed by atoms with E-state index < -0.39 is 18.3 Å². The number of nitrogens with zero attached hydrogens (tertiary/aromatic N) is 1. The fourth-order valence-electron chi connectivity index (χ4n) is 4.23. The number of nitriles is 1. The van der Waals surface area contributed by atoms with Gasteiger partial charge in [0.05, 0.1) is 5.92 Å². The molecule has 0 spiro atoms. The van der Waals surface area contributed by atoms with E-state index in [-0.39, 0.29) is 5.92 Å². The summed E-state index contributed by atoms with van der Waals surface area (Å²) in [5.41, 5.74) is 0. The number of alkyl halides is 2.